The molecule has 0 unspecified atom stereocenters. The Bertz CT molecular complexity index is 1250. The number of hydrogen-bond acceptors (Lipinski definition) is 6. The van der Waals surface area contributed by atoms with E-state index in [2.05, 4.69) is 15.3 Å². The van der Waals surface area contributed by atoms with Crippen LogP contribution in [-0.2, 0) is 11.0 Å². The fourth-order valence-electron chi connectivity index (χ4n) is 3.50. The Balaban J connectivity index is 1.58. The first-order chi connectivity index (χ1) is 17.9. The molecule has 0 saturated carbocycles. The molecule has 0 amide bonds. The maximum Gasteiger partial charge on any atom is 0.416 e. The average Bonchev–Trinajstić information content (AvgIpc) is 2.86. The molecule has 3 rings (SSSR count). The molecular formula is C27H27ClF3N3O4. The molecule has 2 aromatic carbocycles. The summed E-state index contributed by atoms with van der Waals surface area (Å²) in [5.74, 6) is -0.301. The van der Waals surface area contributed by atoms with Gasteiger partial charge in [-0.15, -0.1) is 0 Å². The second kappa shape index (κ2) is 12.7. The molecule has 11 heteroatoms. The molecule has 1 atom stereocenters. The number of aliphatic carboxylic acids is 1. The Morgan fingerprint density at radius 3 is 2.26 bits per heavy atom. The third-order valence-corrected chi connectivity index (χ3v) is 6.07. The van der Waals surface area contributed by atoms with Crippen LogP contribution in [0.1, 0.15) is 49.0 Å². The van der Waals surface area contributed by atoms with Crippen LogP contribution in [0.4, 0.5) is 18.9 Å². The third kappa shape index (κ3) is 8.17. The van der Waals surface area contributed by atoms with Crippen LogP contribution in [0.3, 0.4) is 0 Å². The summed E-state index contributed by atoms with van der Waals surface area (Å²) in [6, 6.07) is 9.86. The van der Waals surface area contributed by atoms with Crippen molar-refractivity contribution in [3.8, 4) is 17.1 Å². The van der Waals surface area contributed by atoms with Gasteiger partial charge in [0, 0.05) is 29.7 Å². The molecule has 0 aliphatic heterocycles. The molecule has 2 N–H and O–H groups in total. The fraction of sp³-hybridized carbons (Fsp3) is 0.333. The number of nitrogens with one attached hydrogen (secondary N) is 1. The van der Waals surface area contributed by atoms with Crippen LogP contribution >= 0.6 is 11.6 Å². The number of Topliss-reactive ketones (excluding diaryl/α,β-unsaturated/α-hetero) is 1. The van der Waals surface area contributed by atoms with E-state index in [4.69, 9.17) is 21.4 Å². The van der Waals surface area contributed by atoms with Gasteiger partial charge in [-0.1, -0.05) is 25.4 Å². The average molecular weight is 550 g/mol. The van der Waals surface area contributed by atoms with Crippen molar-refractivity contribution >= 4 is 29.0 Å². The summed E-state index contributed by atoms with van der Waals surface area (Å²) in [6.45, 7) is 4.32. The van der Waals surface area contributed by atoms with Gasteiger partial charge in [0.1, 0.15) is 6.61 Å². The number of carbonyl (C=O) groups excluding carboxylic acids is 1. The smallest absolute Gasteiger partial charge is 0.416 e. The lowest BCUT2D eigenvalue weighted by Gasteiger charge is -2.24. The molecule has 202 valence electrons. The quantitative estimate of drug-likeness (QED) is 0.240. The summed E-state index contributed by atoms with van der Waals surface area (Å²) in [4.78, 5) is 31.2. The highest BCUT2D eigenvalue weighted by molar-refractivity contribution is 6.33. The zero-order valence-corrected chi connectivity index (χ0v) is 21.5. The van der Waals surface area contributed by atoms with Crippen molar-refractivity contribution in [1.29, 1.82) is 0 Å². The number of hydrogen-bond donors (Lipinski definition) is 2. The Labute approximate surface area is 223 Å². The number of carboxylic acids is 1. The van der Waals surface area contributed by atoms with Crippen LogP contribution in [0.15, 0.2) is 54.9 Å². The first-order valence-corrected chi connectivity index (χ1v) is 12.3. The van der Waals surface area contributed by atoms with E-state index in [1.165, 1.54) is 18.5 Å². The van der Waals surface area contributed by atoms with Gasteiger partial charge in [-0.05, 0) is 54.8 Å². The summed E-state index contributed by atoms with van der Waals surface area (Å²) in [5, 5.41) is 12.0. The molecule has 7 nitrogen and oxygen atoms in total. The molecule has 38 heavy (non-hydrogen) atoms. The summed E-state index contributed by atoms with van der Waals surface area (Å²) < 4.78 is 44.5. The first-order valence-electron chi connectivity index (χ1n) is 11.9. The minimum atomic E-state index is -4.50. The molecule has 1 heterocycles. The third-order valence-electron chi connectivity index (χ3n) is 5.75. The lowest BCUT2D eigenvalue weighted by Crippen LogP contribution is -2.32. The van der Waals surface area contributed by atoms with Gasteiger partial charge in [-0.2, -0.15) is 13.2 Å². The van der Waals surface area contributed by atoms with E-state index in [1.54, 1.807) is 24.3 Å². The number of anilines is 1. The van der Waals surface area contributed by atoms with Gasteiger partial charge in [0.15, 0.2) is 17.4 Å². The Hall–Kier alpha value is -3.66. The van der Waals surface area contributed by atoms with Gasteiger partial charge in [-0.25, -0.2) is 9.97 Å². The summed E-state index contributed by atoms with van der Waals surface area (Å²) >= 11 is 6.03. The van der Waals surface area contributed by atoms with Gasteiger partial charge in [0.2, 0.25) is 0 Å². The number of nitrogens with zero attached hydrogens (tertiary/aromatic N) is 2. The molecular weight excluding hydrogens is 523 g/mol. The Kier molecular flexibility index (Phi) is 9.68. The normalized spacial score (nSPS) is 12.3. The zero-order valence-electron chi connectivity index (χ0n) is 20.8. The standard InChI is InChI=1S/C27H27ClF3N3O4/c1-16(2)23(34-19-9-6-17(7-10-19)24(35)4-3-5-25(36)37)15-38-20-13-32-26(33-14-20)21-11-8-18(12-22(21)28)27(29,30)31/h6-14,16,23,34H,3-5,15H2,1-2H3,(H,36,37)/t23-/m1/s1. The van der Waals surface area contributed by atoms with Gasteiger partial charge in [0.25, 0.3) is 0 Å². The van der Waals surface area contributed by atoms with Gasteiger partial charge < -0.3 is 15.2 Å². The maximum atomic E-state index is 12.9. The number of benzene rings is 2. The molecule has 0 aliphatic carbocycles. The second-order valence-electron chi connectivity index (χ2n) is 8.99. The van der Waals surface area contributed by atoms with Crippen LogP contribution in [0.5, 0.6) is 5.75 Å². The number of ketones is 1. The number of halogens is 4. The number of rotatable bonds is 12. The molecule has 0 saturated heterocycles. The SMILES string of the molecule is CC(C)[C@@H](COc1cnc(-c2ccc(C(F)(F)F)cc2Cl)nc1)Nc1ccc(C(=O)CCCC(=O)O)cc1. The van der Waals surface area contributed by atoms with Crippen LogP contribution in [0.2, 0.25) is 5.02 Å². The minimum Gasteiger partial charge on any atom is -0.488 e. The number of carboxylic acid groups (broad SMARTS) is 1. The predicted molar refractivity (Wildman–Crippen MR) is 137 cm³/mol. The van der Waals surface area contributed by atoms with Crippen LogP contribution < -0.4 is 10.1 Å². The molecule has 0 aliphatic rings. The van der Waals surface area contributed by atoms with Crippen molar-refractivity contribution in [1.82, 2.24) is 9.97 Å². The summed E-state index contributed by atoms with van der Waals surface area (Å²) in [7, 11) is 0. The van der Waals surface area contributed by atoms with Crippen LogP contribution in [0, 0.1) is 5.92 Å². The molecule has 0 spiro atoms. The highest BCUT2D eigenvalue weighted by Gasteiger charge is 2.31. The monoisotopic (exact) mass is 549 g/mol. The van der Waals surface area contributed by atoms with Gasteiger partial charge >= 0.3 is 12.1 Å². The lowest BCUT2D eigenvalue weighted by molar-refractivity contribution is -0.138. The van der Waals surface area contributed by atoms with Crippen LogP contribution in [-0.4, -0.2) is 39.5 Å². The van der Waals surface area contributed by atoms with Crippen molar-refractivity contribution in [3.05, 3.63) is 71.0 Å². The molecule has 0 fully saturated rings. The van der Waals surface area contributed by atoms with E-state index in [1.807, 2.05) is 13.8 Å². The first kappa shape index (κ1) is 28.9. The van der Waals surface area contributed by atoms with Gasteiger partial charge in [-0.3, -0.25) is 9.59 Å². The molecule has 0 bridgehead atoms. The molecule has 3 aromatic rings. The Morgan fingerprint density at radius 2 is 1.71 bits per heavy atom. The van der Waals surface area contributed by atoms with Crippen LogP contribution in [0.25, 0.3) is 11.4 Å². The van der Waals surface area contributed by atoms with Crippen molar-refractivity contribution in [2.24, 2.45) is 5.92 Å². The second-order valence-corrected chi connectivity index (χ2v) is 9.40. The van der Waals surface area contributed by atoms with Crippen molar-refractivity contribution in [2.45, 2.75) is 45.3 Å². The fourth-order valence-corrected chi connectivity index (χ4v) is 3.77. The summed E-state index contributed by atoms with van der Waals surface area (Å²) in [5.41, 5.74) is 0.730. The molecule has 0 radical (unpaired) electrons. The van der Waals surface area contributed by atoms with Gasteiger partial charge in [0.05, 0.1) is 29.0 Å². The van der Waals surface area contributed by atoms with E-state index in [0.717, 1.165) is 17.8 Å². The highest BCUT2D eigenvalue weighted by Crippen LogP contribution is 2.34. The lowest BCUT2D eigenvalue weighted by atomic mass is 10.0. The Morgan fingerprint density at radius 1 is 1.05 bits per heavy atom. The number of aromatic nitrogens is 2. The van der Waals surface area contributed by atoms with E-state index >= 15 is 0 Å². The molecule has 1 aromatic heterocycles. The predicted octanol–water partition coefficient (Wildman–Crippen LogP) is 6.77. The van der Waals surface area contributed by atoms with E-state index in [9.17, 15) is 22.8 Å². The maximum absolute atomic E-state index is 12.9. The zero-order chi connectivity index (χ0) is 27.9. The topological polar surface area (TPSA) is 101 Å². The van der Waals surface area contributed by atoms with E-state index < -0.39 is 17.7 Å². The summed E-state index contributed by atoms with van der Waals surface area (Å²) in [6.07, 6.45) is -1.21. The largest absolute Gasteiger partial charge is 0.488 e. The van der Waals surface area contributed by atoms with E-state index in [-0.39, 0.29) is 53.6 Å². The van der Waals surface area contributed by atoms with E-state index in [0.29, 0.717) is 17.7 Å². The number of carbonyl (C=O) groups is 2. The van der Waals surface area contributed by atoms with Crippen molar-refractivity contribution in [2.75, 3.05) is 11.9 Å². The highest BCUT2D eigenvalue weighted by atomic mass is 35.5. The van der Waals surface area contributed by atoms with Crippen molar-refractivity contribution < 1.29 is 32.6 Å². The number of ether oxygens (including phenoxy) is 1. The number of alkyl halides is 3. The minimum absolute atomic E-state index is 0.0436. The van der Waals surface area contributed by atoms with Crippen molar-refractivity contribution in [3.63, 3.8) is 0 Å².